The van der Waals surface area contributed by atoms with Crippen LogP contribution in [0.15, 0.2) is 36.0 Å². The van der Waals surface area contributed by atoms with E-state index in [0.29, 0.717) is 0 Å². The number of aliphatic hydroxyl groups excluding tert-OH is 1. The van der Waals surface area contributed by atoms with E-state index in [4.69, 9.17) is 9.47 Å². The summed E-state index contributed by atoms with van der Waals surface area (Å²) >= 11 is 0. The molecule has 1 rings (SSSR count). The van der Waals surface area contributed by atoms with Gasteiger partial charge in [0.2, 0.25) is 0 Å². The maximum Gasteiger partial charge on any atom is 0.409 e. The highest BCUT2D eigenvalue weighted by molar-refractivity contribution is 5.70. The molecule has 0 saturated heterocycles. The van der Waals surface area contributed by atoms with Crippen molar-refractivity contribution in [3.8, 4) is 0 Å². The van der Waals surface area contributed by atoms with Crippen molar-refractivity contribution in [2.24, 2.45) is 17.8 Å². The molecule has 1 heterocycles. The molecule has 1 unspecified atom stereocenters. The van der Waals surface area contributed by atoms with Crippen molar-refractivity contribution in [2.45, 2.75) is 97.5 Å². The summed E-state index contributed by atoms with van der Waals surface area (Å²) in [4.78, 5) is 37.7. The zero-order valence-corrected chi connectivity index (χ0v) is 23.9. The van der Waals surface area contributed by atoms with Crippen molar-refractivity contribution in [2.75, 3.05) is 13.7 Å². The molecule has 0 radical (unpaired) electrons. The van der Waals surface area contributed by atoms with Gasteiger partial charge in [-0.15, -0.1) is 0 Å². The van der Waals surface area contributed by atoms with Gasteiger partial charge >= 0.3 is 18.0 Å². The van der Waals surface area contributed by atoms with Gasteiger partial charge in [0, 0.05) is 30.8 Å². The maximum absolute atomic E-state index is 12.6. The molecular formula is C29H47NO8. The van der Waals surface area contributed by atoms with Gasteiger partial charge in [0.05, 0.1) is 31.2 Å². The summed E-state index contributed by atoms with van der Waals surface area (Å²) < 4.78 is 11.1. The second-order valence-electron chi connectivity index (χ2n) is 10.8. The van der Waals surface area contributed by atoms with Crippen LogP contribution in [0.3, 0.4) is 0 Å². The minimum absolute atomic E-state index is 0.0429. The number of carbonyl (C=O) groups excluding carboxylic acids is 2. The van der Waals surface area contributed by atoms with E-state index in [2.05, 4.69) is 0 Å². The third-order valence-electron chi connectivity index (χ3n) is 7.22. The van der Waals surface area contributed by atoms with Crippen LogP contribution in [0.4, 0.5) is 4.79 Å². The normalized spacial score (nSPS) is 29.9. The van der Waals surface area contributed by atoms with Crippen LogP contribution < -0.4 is 0 Å². The van der Waals surface area contributed by atoms with E-state index in [-0.39, 0.29) is 56.3 Å². The second-order valence-corrected chi connectivity index (χ2v) is 10.8. The molecule has 0 aliphatic carbocycles. The molecule has 0 aromatic heterocycles. The molecule has 9 heteroatoms. The Morgan fingerprint density at radius 3 is 2.58 bits per heavy atom. The summed E-state index contributed by atoms with van der Waals surface area (Å²) in [5.41, 5.74) is -0.606. The third kappa shape index (κ3) is 11.4. The first-order valence-electron chi connectivity index (χ1n) is 13.4. The standard InChI is InChI=1S/C29H47NO8/c1-8-22(5)30(7)28(35)37-18-19(2)10-9-11-20(3)27-21(4)12-13-23(16-25(32)33)29(6,36)15-14-24(31)17-26(34)38-27/h9-13,19,21-24,27,31,36H,8,14-18H2,1-7H3,(H,32,33)/b10-9+,13-12+,20-11+/t19-,21+,22?,23-,24-,27-,29-/m1/s1. The minimum Gasteiger partial charge on any atom is -0.481 e. The fourth-order valence-corrected chi connectivity index (χ4v) is 4.14. The van der Waals surface area contributed by atoms with Crippen molar-refractivity contribution >= 4 is 18.0 Å². The third-order valence-corrected chi connectivity index (χ3v) is 7.22. The number of ether oxygens (including phenoxy) is 2. The molecule has 1 amide bonds. The van der Waals surface area contributed by atoms with E-state index < -0.39 is 35.7 Å². The van der Waals surface area contributed by atoms with Crippen LogP contribution in [0, 0.1) is 17.8 Å². The van der Waals surface area contributed by atoms with Crippen LogP contribution in [-0.2, 0) is 19.1 Å². The lowest BCUT2D eigenvalue weighted by atomic mass is 9.80. The Kier molecular flexibility index (Phi) is 13.8. The molecular weight excluding hydrogens is 490 g/mol. The quantitative estimate of drug-likeness (QED) is 0.223. The van der Waals surface area contributed by atoms with Crippen LogP contribution in [0.1, 0.15) is 73.6 Å². The first kappa shape index (κ1) is 33.4. The lowest BCUT2D eigenvalue weighted by Gasteiger charge is -2.32. The molecule has 0 aromatic carbocycles. The highest BCUT2D eigenvalue weighted by Crippen LogP contribution is 2.30. The Morgan fingerprint density at radius 1 is 1.32 bits per heavy atom. The average Bonchev–Trinajstić information content (AvgIpc) is 2.84. The molecule has 0 saturated carbocycles. The number of hydrogen-bond donors (Lipinski definition) is 3. The predicted octanol–water partition coefficient (Wildman–Crippen LogP) is 4.48. The van der Waals surface area contributed by atoms with Gasteiger partial charge in [-0.2, -0.15) is 0 Å². The van der Waals surface area contributed by atoms with Gasteiger partial charge in [-0.05, 0) is 45.6 Å². The molecule has 1 aliphatic rings. The van der Waals surface area contributed by atoms with Crippen molar-refractivity contribution in [1.29, 1.82) is 0 Å². The first-order valence-corrected chi connectivity index (χ1v) is 13.4. The molecule has 38 heavy (non-hydrogen) atoms. The molecule has 0 aromatic rings. The Bertz CT molecular complexity index is 878. The largest absolute Gasteiger partial charge is 0.481 e. The summed E-state index contributed by atoms with van der Waals surface area (Å²) in [7, 11) is 1.72. The Hall–Kier alpha value is -2.65. The van der Waals surface area contributed by atoms with Crippen LogP contribution in [0.2, 0.25) is 0 Å². The molecule has 7 atom stereocenters. The number of esters is 1. The first-order chi connectivity index (χ1) is 17.7. The smallest absolute Gasteiger partial charge is 0.409 e. The van der Waals surface area contributed by atoms with Gasteiger partial charge in [0.1, 0.15) is 6.10 Å². The number of aliphatic carboxylic acids is 1. The Balaban J connectivity index is 3.03. The zero-order valence-electron chi connectivity index (χ0n) is 23.9. The van der Waals surface area contributed by atoms with Crippen LogP contribution in [0.25, 0.3) is 0 Å². The van der Waals surface area contributed by atoms with E-state index >= 15 is 0 Å². The fourth-order valence-electron chi connectivity index (χ4n) is 4.14. The number of aliphatic hydroxyl groups is 2. The number of carboxylic acids is 1. The van der Waals surface area contributed by atoms with Crippen molar-refractivity contribution in [3.63, 3.8) is 0 Å². The van der Waals surface area contributed by atoms with Gasteiger partial charge in [-0.1, -0.05) is 51.2 Å². The van der Waals surface area contributed by atoms with Crippen molar-refractivity contribution in [3.05, 3.63) is 36.0 Å². The van der Waals surface area contributed by atoms with E-state index in [1.165, 1.54) is 0 Å². The van der Waals surface area contributed by atoms with Crippen LogP contribution in [-0.4, -0.2) is 75.8 Å². The van der Waals surface area contributed by atoms with Crippen LogP contribution >= 0.6 is 0 Å². The number of carbonyl (C=O) groups is 3. The number of carboxylic acid groups (broad SMARTS) is 1. The van der Waals surface area contributed by atoms with Gasteiger partial charge in [-0.3, -0.25) is 9.59 Å². The van der Waals surface area contributed by atoms with E-state index in [0.717, 1.165) is 12.0 Å². The van der Waals surface area contributed by atoms with Gasteiger partial charge in [0.25, 0.3) is 0 Å². The van der Waals surface area contributed by atoms with E-state index in [1.54, 1.807) is 31.0 Å². The summed E-state index contributed by atoms with van der Waals surface area (Å²) in [5.74, 6) is -2.61. The molecule has 216 valence electrons. The number of amides is 1. The van der Waals surface area contributed by atoms with Gasteiger partial charge in [0.15, 0.2) is 0 Å². The highest BCUT2D eigenvalue weighted by Gasteiger charge is 2.34. The Morgan fingerprint density at radius 2 is 1.97 bits per heavy atom. The number of nitrogens with zero attached hydrogens (tertiary/aromatic N) is 1. The molecule has 3 N–H and O–H groups in total. The molecule has 0 bridgehead atoms. The highest BCUT2D eigenvalue weighted by atomic mass is 16.6. The summed E-state index contributed by atoms with van der Waals surface area (Å²) in [6.45, 7) is 11.3. The Labute approximate surface area is 227 Å². The van der Waals surface area contributed by atoms with Crippen molar-refractivity contribution in [1.82, 2.24) is 4.90 Å². The summed E-state index contributed by atoms with van der Waals surface area (Å²) in [6.07, 6.45) is 7.59. The molecule has 9 nitrogen and oxygen atoms in total. The monoisotopic (exact) mass is 537 g/mol. The van der Waals surface area contributed by atoms with Gasteiger partial charge in [-0.25, -0.2) is 4.79 Å². The van der Waals surface area contributed by atoms with E-state index in [9.17, 15) is 29.7 Å². The summed E-state index contributed by atoms with van der Waals surface area (Å²) in [5, 5.41) is 30.6. The van der Waals surface area contributed by atoms with Gasteiger partial charge < -0.3 is 29.7 Å². The summed E-state index contributed by atoms with van der Waals surface area (Å²) in [6, 6.07) is 0.0928. The number of rotatable bonds is 9. The van der Waals surface area contributed by atoms with E-state index in [1.807, 2.05) is 52.8 Å². The minimum atomic E-state index is -1.36. The zero-order chi connectivity index (χ0) is 29.0. The maximum atomic E-state index is 12.6. The number of hydrogen-bond acceptors (Lipinski definition) is 7. The fraction of sp³-hybridized carbons (Fsp3) is 0.690. The van der Waals surface area contributed by atoms with Crippen LogP contribution in [0.5, 0.6) is 0 Å². The SMILES string of the molecule is CCC(C)N(C)C(=O)OC[C@H](C)/C=C/C=C(\C)[C@H]1OC(=O)C[C@H](O)CC[C@@](C)(O)[C@@H](CC(=O)O)/C=C/[C@@H]1C. The van der Waals surface area contributed by atoms with Crippen molar-refractivity contribution < 1.29 is 39.2 Å². The predicted molar refractivity (Wildman–Crippen MR) is 145 cm³/mol. The topological polar surface area (TPSA) is 134 Å². The average molecular weight is 538 g/mol. The molecule has 0 fully saturated rings. The molecule has 0 spiro atoms. The number of allylic oxidation sites excluding steroid dienone is 2. The second kappa shape index (κ2) is 15.7. The number of cyclic esters (lactones) is 1. The lowest BCUT2D eigenvalue weighted by molar-refractivity contribution is -0.151. The molecule has 1 aliphatic heterocycles. The lowest BCUT2D eigenvalue weighted by Crippen LogP contribution is -2.37.